The molecule has 0 amide bonds. The normalized spacial score (nSPS) is 11.1. The highest BCUT2D eigenvalue weighted by molar-refractivity contribution is 7.80. The van der Waals surface area contributed by atoms with Crippen LogP contribution in [0.15, 0.2) is 0 Å². The summed E-state index contributed by atoms with van der Waals surface area (Å²) >= 11 is 18.7. The van der Waals surface area contributed by atoms with Crippen molar-refractivity contribution in [2.45, 2.75) is 541 Å². The molecule has 0 radical (unpaired) electrons. The zero-order chi connectivity index (χ0) is 78.2. The molecule has 632 valence electrons. The lowest BCUT2D eigenvalue weighted by molar-refractivity contribution is -0.0328. The molecule has 8 N–H and O–H groups in total. The Morgan fingerprint density at radius 2 is 0.229 bits per heavy atom. The van der Waals surface area contributed by atoms with Gasteiger partial charge in [0.1, 0.15) is 0 Å². The quantitative estimate of drug-likeness (QED) is 0.0215. The van der Waals surface area contributed by atoms with Crippen LogP contribution in [0.2, 0.25) is 0 Å². The molecule has 0 saturated heterocycles. The molecule has 0 aromatic heterocycles. The second kappa shape index (κ2) is 105. The Bertz CT molecular complexity index is 1380. The van der Waals surface area contributed by atoms with E-state index in [0.717, 1.165) is 25.7 Å². The van der Waals surface area contributed by atoms with Gasteiger partial charge in [0.15, 0.2) is 20.2 Å². The van der Waals surface area contributed by atoms with Crippen molar-refractivity contribution in [3.63, 3.8) is 0 Å². The van der Waals surface area contributed by atoms with Gasteiger partial charge in [-0.25, -0.2) is 0 Å². The number of thiocarbonyl (C=S) groups is 4. The van der Waals surface area contributed by atoms with Crippen LogP contribution < -0.4 is 0 Å². The molecule has 0 aromatic carbocycles. The molecule has 0 aliphatic rings. The zero-order valence-corrected chi connectivity index (χ0v) is 74.4. The van der Waals surface area contributed by atoms with Crippen LogP contribution in [-0.2, 0) is 0 Å². The molecule has 12 heteroatoms. The first-order valence-electron chi connectivity index (χ1n) is 46.6. The van der Waals surface area contributed by atoms with E-state index in [9.17, 15) is 0 Å². The van der Waals surface area contributed by atoms with E-state index in [1.807, 2.05) is 0 Å². The van der Waals surface area contributed by atoms with Gasteiger partial charge in [-0.3, -0.25) is 0 Å². The third-order valence-electron chi connectivity index (χ3n) is 21.3. The van der Waals surface area contributed by atoms with Gasteiger partial charge in [-0.15, -0.1) is 0 Å². The second-order valence-corrected chi connectivity index (χ2v) is 34.0. The molecule has 105 heavy (non-hydrogen) atoms. The van der Waals surface area contributed by atoms with Crippen molar-refractivity contribution in [1.82, 2.24) is 0 Å². The molecule has 0 aromatic rings. The molecular weight excluding hydrogens is 1370 g/mol. The molecule has 8 nitrogen and oxygen atoms in total. The van der Waals surface area contributed by atoms with E-state index in [-0.39, 0.29) is 20.2 Å². The number of hydrogen-bond donors (Lipinski definition) is 8. The SMILES string of the molecule is CCCCCCCCCCCCCCCCCCCCCC(O)=S.CCCCCCCCCCCCCCCCCCCCCC(O)=S.CCCCCCCCCCCCCCCCCCCCCC(O)=S.CCCCCCCCCCCCCCCCCCCCCC(O)=S.OCC(CO)(CO)CO. The van der Waals surface area contributed by atoms with Gasteiger partial charge in [-0.2, -0.15) is 0 Å². The van der Waals surface area contributed by atoms with Crippen molar-refractivity contribution in [3.05, 3.63) is 0 Å². The van der Waals surface area contributed by atoms with Crippen molar-refractivity contribution in [2.24, 2.45) is 5.41 Å². The Hall–Kier alpha value is -0.600. The molecular formula is C93H188O8S4. The van der Waals surface area contributed by atoms with Crippen molar-refractivity contribution in [1.29, 1.82) is 0 Å². The van der Waals surface area contributed by atoms with Gasteiger partial charge in [0.25, 0.3) is 0 Å². The Morgan fingerprint density at radius 1 is 0.152 bits per heavy atom. The third kappa shape index (κ3) is 117. The van der Waals surface area contributed by atoms with E-state index in [4.69, 9.17) is 40.9 Å². The van der Waals surface area contributed by atoms with Gasteiger partial charge < -0.3 is 40.9 Å². The minimum atomic E-state index is -1.11. The maximum absolute atomic E-state index is 8.93. The van der Waals surface area contributed by atoms with Crippen LogP contribution in [0.4, 0.5) is 0 Å². The van der Waals surface area contributed by atoms with Crippen molar-refractivity contribution in [2.75, 3.05) is 26.4 Å². The predicted octanol–water partition coefficient (Wildman–Crippen LogP) is 32.7. The summed E-state index contributed by atoms with van der Waals surface area (Å²) in [5.74, 6) is 0. The molecule has 0 saturated carbocycles. The standard InChI is InChI=1S/4C22H44OS.C5H12O4/c4*1-2-3-4-5-6-7-8-9-10-11-12-13-14-15-16-17-18-19-20-21-22(23)24;6-1-5(2-7,3-8)4-9/h4*2-21H2,1H3,(H,23,24);6-9H,1-4H2. The maximum atomic E-state index is 8.93. The molecule has 0 heterocycles. The Labute approximate surface area is 678 Å². The Balaban J connectivity index is -0.000000406. The van der Waals surface area contributed by atoms with Crippen LogP contribution in [0.25, 0.3) is 0 Å². The number of rotatable bonds is 84. The molecule has 0 aliphatic heterocycles. The summed E-state index contributed by atoms with van der Waals surface area (Å²) in [7, 11) is 0. The van der Waals surface area contributed by atoms with E-state index in [2.05, 4.69) is 76.6 Å². The highest BCUT2D eigenvalue weighted by Gasteiger charge is 2.26. The first-order chi connectivity index (χ1) is 51.3. The molecule has 0 spiro atoms. The third-order valence-corrected chi connectivity index (χ3v) is 22.1. The minimum absolute atomic E-state index is 0.182. The van der Waals surface area contributed by atoms with Crippen LogP contribution in [0.3, 0.4) is 0 Å². The monoisotopic (exact) mass is 1560 g/mol. The fraction of sp³-hybridized carbons (Fsp3) is 0.957. The Kier molecular flexibility index (Phi) is 113. The smallest absolute Gasteiger partial charge is 0.156 e. The minimum Gasteiger partial charge on any atom is -0.502 e. The first kappa shape index (κ1) is 113. The van der Waals surface area contributed by atoms with Gasteiger partial charge >= 0.3 is 0 Å². The van der Waals surface area contributed by atoms with Crippen molar-refractivity contribution < 1.29 is 40.9 Å². The van der Waals surface area contributed by atoms with Gasteiger partial charge in [0.2, 0.25) is 0 Å². The van der Waals surface area contributed by atoms with Crippen molar-refractivity contribution in [3.8, 4) is 0 Å². The largest absolute Gasteiger partial charge is 0.502 e. The topological polar surface area (TPSA) is 162 Å². The van der Waals surface area contributed by atoms with Crippen LogP contribution in [0, 0.1) is 5.41 Å². The molecule has 0 aliphatic carbocycles. The first-order valence-corrected chi connectivity index (χ1v) is 48.3. The molecule has 0 atom stereocenters. The van der Waals surface area contributed by atoms with Crippen molar-refractivity contribution >= 4 is 69.1 Å². The van der Waals surface area contributed by atoms with Crippen LogP contribution in [-0.4, -0.2) is 87.5 Å². The Morgan fingerprint density at radius 3 is 0.286 bits per heavy atom. The lowest BCUT2D eigenvalue weighted by Crippen LogP contribution is -2.37. The van der Waals surface area contributed by atoms with E-state index in [1.165, 1.54) is 462 Å². The molecule has 0 rings (SSSR count). The van der Waals surface area contributed by atoms with Crippen LogP contribution in [0.5, 0.6) is 0 Å². The maximum Gasteiger partial charge on any atom is 0.156 e. The van der Waals surface area contributed by atoms with Crippen LogP contribution >= 0.6 is 48.9 Å². The molecule has 0 fully saturated rings. The lowest BCUT2D eigenvalue weighted by atomic mass is 9.93. The number of hydrogen-bond acceptors (Lipinski definition) is 8. The lowest BCUT2D eigenvalue weighted by Gasteiger charge is -2.23. The van der Waals surface area contributed by atoms with E-state index in [0.29, 0.717) is 25.7 Å². The van der Waals surface area contributed by atoms with Gasteiger partial charge in [-0.1, -0.05) is 490 Å². The summed E-state index contributed by atoms with van der Waals surface area (Å²) < 4.78 is 0. The second-order valence-electron chi connectivity index (χ2n) is 32.2. The summed E-state index contributed by atoms with van der Waals surface area (Å²) in [6.45, 7) is 7.53. The highest BCUT2D eigenvalue weighted by atomic mass is 32.1. The highest BCUT2D eigenvalue weighted by Crippen LogP contribution is 2.21. The summed E-state index contributed by atoms with van der Waals surface area (Å²) in [6, 6.07) is 0. The summed E-state index contributed by atoms with van der Waals surface area (Å²) in [4.78, 5) is 0. The predicted molar refractivity (Wildman–Crippen MR) is 484 cm³/mol. The fourth-order valence-electron chi connectivity index (χ4n) is 13.7. The number of aliphatic hydroxyl groups is 8. The van der Waals surface area contributed by atoms with Gasteiger partial charge in [0, 0.05) is 25.7 Å². The van der Waals surface area contributed by atoms with Gasteiger partial charge in [0.05, 0.1) is 31.8 Å². The summed E-state index contributed by atoms with van der Waals surface area (Å²) in [5.41, 5.74) is -1.11. The number of unbranched alkanes of at least 4 members (excludes halogenated alkanes) is 72. The van der Waals surface area contributed by atoms with Gasteiger partial charge in [-0.05, 0) is 74.6 Å². The zero-order valence-electron chi connectivity index (χ0n) is 71.1. The summed E-state index contributed by atoms with van der Waals surface area (Å²) in [6.07, 6.45) is 109. The van der Waals surface area contributed by atoms with E-state index >= 15 is 0 Å². The molecule has 0 unspecified atom stereocenters. The van der Waals surface area contributed by atoms with E-state index < -0.39 is 31.8 Å². The van der Waals surface area contributed by atoms with Crippen LogP contribution in [0.1, 0.15) is 541 Å². The molecule has 0 bridgehead atoms. The summed E-state index contributed by atoms with van der Waals surface area (Å²) in [5, 5.41) is 70.4. The average molecular weight is 1560 g/mol. The fourth-order valence-corrected chi connectivity index (χ4v) is 14.3. The number of aliphatic hydroxyl groups excluding tert-OH is 8. The average Bonchev–Trinajstić information content (AvgIpc) is 0.944. The van der Waals surface area contributed by atoms with E-state index in [1.54, 1.807) is 0 Å².